The number of ether oxygens (including phenoxy) is 2. The van der Waals surface area contributed by atoms with Crippen LogP contribution in [0.5, 0.6) is 5.88 Å². The number of hydrogen-bond donors (Lipinski definition) is 0. The first-order valence-corrected chi connectivity index (χ1v) is 12.9. The van der Waals surface area contributed by atoms with E-state index in [4.69, 9.17) is 9.47 Å². The van der Waals surface area contributed by atoms with Gasteiger partial charge in [-0.3, -0.25) is 0 Å². The zero-order chi connectivity index (χ0) is 24.0. The minimum absolute atomic E-state index is 0.277. The monoisotopic (exact) mass is 475 g/mol. The van der Waals surface area contributed by atoms with Gasteiger partial charge in [0.2, 0.25) is 15.9 Å². The Morgan fingerprint density at radius 3 is 2.55 bits per heavy atom. The second kappa shape index (κ2) is 8.76. The third-order valence-corrected chi connectivity index (χ3v) is 8.15. The fourth-order valence-corrected chi connectivity index (χ4v) is 6.36. The number of amides is 1. The zero-order valence-electron chi connectivity index (χ0n) is 20.0. The van der Waals surface area contributed by atoms with Gasteiger partial charge in [-0.2, -0.15) is 4.31 Å². The second-order valence-corrected chi connectivity index (χ2v) is 11.8. The minimum atomic E-state index is -3.83. The molecule has 33 heavy (non-hydrogen) atoms. The maximum Gasteiger partial charge on any atom is 0.410 e. The number of carbonyl (C=O) groups excluding carboxylic acids is 1. The van der Waals surface area contributed by atoms with Crippen LogP contribution in [0.3, 0.4) is 0 Å². The fraction of sp³-hybridized carbons (Fsp3) is 0.583. The molecule has 0 bridgehead atoms. The quantitative estimate of drug-likeness (QED) is 0.660. The topological polar surface area (TPSA) is 89.0 Å². The van der Waals surface area contributed by atoms with Gasteiger partial charge >= 0.3 is 6.09 Å². The molecule has 1 aromatic carbocycles. The molecule has 1 atom stereocenters. The summed E-state index contributed by atoms with van der Waals surface area (Å²) in [5.41, 5.74) is 0.357. The van der Waals surface area contributed by atoms with Gasteiger partial charge in [-0.15, -0.1) is 0 Å². The average Bonchev–Trinajstić information content (AvgIpc) is 3.58. The molecule has 1 aromatic heterocycles. The first kappa shape index (κ1) is 23.8. The van der Waals surface area contributed by atoms with Gasteiger partial charge in [-0.1, -0.05) is 6.07 Å². The van der Waals surface area contributed by atoms with Crippen molar-refractivity contribution in [3.63, 3.8) is 0 Å². The van der Waals surface area contributed by atoms with Gasteiger partial charge in [0.05, 0.1) is 12.0 Å². The standard InChI is InChI=1S/C24H33N3O5S/c1-16-15-26(23(28)32-24(2,3)4)12-7-13-27(16)33(29,30)20-9-6-8-18-21(20)19(17-10-11-17)14-25-22(18)31-5/h6,8-9,14,16-17H,7,10-13,15H2,1-5H3. The van der Waals surface area contributed by atoms with Crippen LogP contribution >= 0.6 is 0 Å². The van der Waals surface area contributed by atoms with Gasteiger partial charge in [0.25, 0.3) is 0 Å². The molecule has 2 fully saturated rings. The maximum atomic E-state index is 14.0. The van der Waals surface area contributed by atoms with E-state index in [0.29, 0.717) is 42.1 Å². The lowest BCUT2D eigenvalue weighted by Gasteiger charge is -2.30. The van der Waals surface area contributed by atoms with E-state index in [1.165, 1.54) is 4.31 Å². The van der Waals surface area contributed by atoms with Crippen LogP contribution in [0.2, 0.25) is 0 Å². The third-order valence-electron chi connectivity index (χ3n) is 6.10. The highest BCUT2D eigenvalue weighted by Gasteiger charge is 2.37. The molecule has 0 N–H and O–H groups in total. The van der Waals surface area contributed by atoms with Gasteiger partial charge in [0, 0.05) is 42.6 Å². The van der Waals surface area contributed by atoms with Gasteiger partial charge in [-0.25, -0.2) is 18.2 Å². The Morgan fingerprint density at radius 1 is 1.18 bits per heavy atom. The summed E-state index contributed by atoms with van der Waals surface area (Å²) >= 11 is 0. The Kier molecular flexibility index (Phi) is 6.30. The molecule has 2 heterocycles. The number of rotatable bonds is 4. The smallest absolute Gasteiger partial charge is 0.410 e. The van der Waals surface area contributed by atoms with E-state index >= 15 is 0 Å². The van der Waals surface area contributed by atoms with E-state index in [1.807, 2.05) is 33.8 Å². The van der Waals surface area contributed by atoms with E-state index < -0.39 is 27.8 Å². The molecule has 9 heteroatoms. The molecule has 0 radical (unpaired) electrons. The summed E-state index contributed by atoms with van der Waals surface area (Å²) in [6, 6.07) is 4.88. The van der Waals surface area contributed by atoms with Crippen molar-refractivity contribution in [2.24, 2.45) is 0 Å². The van der Waals surface area contributed by atoms with E-state index in [9.17, 15) is 13.2 Å². The SMILES string of the molecule is COc1ncc(C2CC2)c2c(S(=O)(=O)N3CCCN(C(=O)OC(C)(C)C)CC3C)cccc12. The molecule has 180 valence electrons. The Balaban J connectivity index is 1.71. The molecule has 2 aliphatic rings. The number of aromatic nitrogens is 1. The first-order valence-electron chi connectivity index (χ1n) is 11.5. The highest BCUT2D eigenvalue weighted by Crippen LogP contribution is 2.46. The van der Waals surface area contributed by atoms with E-state index in [2.05, 4.69) is 4.98 Å². The molecule has 1 unspecified atom stereocenters. The van der Waals surface area contributed by atoms with Crippen molar-refractivity contribution >= 4 is 26.9 Å². The van der Waals surface area contributed by atoms with Crippen LogP contribution in [0.15, 0.2) is 29.3 Å². The summed E-state index contributed by atoms with van der Waals surface area (Å²) in [6.45, 7) is 8.37. The minimum Gasteiger partial charge on any atom is -0.481 e. The average molecular weight is 476 g/mol. The predicted octanol–water partition coefficient (Wildman–Crippen LogP) is 4.14. The van der Waals surface area contributed by atoms with Crippen molar-refractivity contribution < 1.29 is 22.7 Å². The summed E-state index contributed by atoms with van der Waals surface area (Å²) in [5, 5.41) is 1.41. The molecule has 1 aliphatic carbocycles. The number of carbonyl (C=O) groups is 1. The highest BCUT2D eigenvalue weighted by molar-refractivity contribution is 7.89. The number of nitrogens with zero attached hydrogens (tertiary/aromatic N) is 3. The van der Waals surface area contributed by atoms with Crippen LogP contribution in [0.1, 0.15) is 58.4 Å². The Hall–Kier alpha value is -2.39. The van der Waals surface area contributed by atoms with Crippen LogP contribution < -0.4 is 4.74 Å². The van der Waals surface area contributed by atoms with Crippen LogP contribution in [-0.4, -0.2) is 67.1 Å². The van der Waals surface area contributed by atoms with Crippen LogP contribution in [0.25, 0.3) is 10.8 Å². The Labute approximate surface area is 195 Å². The van der Waals surface area contributed by atoms with Gasteiger partial charge in [-0.05, 0) is 70.6 Å². The Morgan fingerprint density at radius 2 is 1.91 bits per heavy atom. The largest absolute Gasteiger partial charge is 0.481 e. The summed E-state index contributed by atoms with van der Waals surface area (Å²) in [6.07, 6.45) is 3.94. The summed E-state index contributed by atoms with van der Waals surface area (Å²) in [7, 11) is -2.28. The molecular weight excluding hydrogens is 442 g/mol. The fourth-order valence-electron chi connectivity index (χ4n) is 4.47. The molecule has 1 saturated carbocycles. The second-order valence-electron chi connectivity index (χ2n) is 9.92. The molecule has 4 rings (SSSR count). The number of methoxy groups -OCH3 is 1. The lowest BCUT2D eigenvalue weighted by molar-refractivity contribution is 0.0244. The van der Waals surface area contributed by atoms with E-state index in [0.717, 1.165) is 18.4 Å². The summed E-state index contributed by atoms with van der Waals surface area (Å²) < 4.78 is 40.5. The lowest BCUT2D eigenvalue weighted by Crippen LogP contribution is -2.45. The predicted molar refractivity (Wildman–Crippen MR) is 126 cm³/mol. The normalized spacial score (nSPS) is 20.5. The van der Waals surface area contributed by atoms with E-state index in [-0.39, 0.29) is 11.4 Å². The molecule has 0 spiro atoms. The Bertz CT molecular complexity index is 1150. The molecular formula is C24H33N3O5S. The number of benzene rings is 1. The molecule has 1 aliphatic heterocycles. The highest BCUT2D eigenvalue weighted by atomic mass is 32.2. The van der Waals surface area contributed by atoms with Gasteiger partial charge in [0.1, 0.15) is 5.60 Å². The lowest BCUT2D eigenvalue weighted by atomic mass is 10.0. The molecule has 1 saturated heterocycles. The summed E-state index contributed by atoms with van der Waals surface area (Å²) in [5.74, 6) is 0.748. The van der Waals surface area contributed by atoms with Crippen LogP contribution in [-0.2, 0) is 14.8 Å². The summed E-state index contributed by atoms with van der Waals surface area (Å²) in [4.78, 5) is 18.9. The maximum absolute atomic E-state index is 14.0. The van der Waals surface area contributed by atoms with Gasteiger partial charge in [0.15, 0.2) is 0 Å². The first-order chi connectivity index (χ1) is 15.5. The van der Waals surface area contributed by atoms with Crippen molar-refractivity contribution in [1.82, 2.24) is 14.2 Å². The van der Waals surface area contributed by atoms with Crippen LogP contribution in [0, 0.1) is 0 Å². The molecule has 1 amide bonds. The van der Waals surface area contributed by atoms with Crippen molar-refractivity contribution in [3.8, 4) is 5.88 Å². The number of fused-ring (bicyclic) bond motifs is 1. The number of sulfonamides is 1. The van der Waals surface area contributed by atoms with Crippen molar-refractivity contribution in [2.75, 3.05) is 26.7 Å². The number of pyridine rings is 1. The van der Waals surface area contributed by atoms with E-state index in [1.54, 1.807) is 30.3 Å². The number of hydrogen-bond acceptors (Lipinski definition) is 6. The van der Waals surface area contributed by atoms with Gasteiger partial charge < -0.3 is 14.4 Å². The molecule has 2 aromatic rings. The zero-order valence-corrected chi connectivity index (χ0v) is 20.8. The van der Waals surface area contributed by atoms with Crippen LogP contribution in [0.4, 0.5) is 4.79 Å². The van der Waals surface area contributed by atoms with Crippen molar-refractivity contribution in [1.29, 1.82) is 0 Å². The van der Waals surface area contributed by atoms with Crippen molar-refractivity contribution in [2.45, 2.75) is 69.4 Å². The third kappa shape index (κ3) is 4.80. The van der Waals surface area contributed by atoms with Crippen molar-refractivity contribution in [3.05, 3.63) is 30.0 Å². The molecule has 8 nitrogen and oxygen atoms in total.